The molecule has 4 nitrogen and oxygen atoms in total. The van der Waals surface area contributed by atoms with E-state index >= 15 is 0 Å². The molecule has 0 saturated carbocycles. The summed E-state index contributed by atoms with van der Waals surface area (Å²) in [5, 5.41) is 3.77. The summed E-state index contributed by atoms with van der Waals surface area (Å²) in [6.07, 6.45) is 0.284. The molecule has 0 aliphatic heterocycles. The lowest BCUT2D eigenvalue weighted by Crippen LogP contribution is -2.20. The molecule has 0 radical (unpaired) electrons. The molecular formula is C12H16ClNO3. The average Bonchev–Trinajstić information content (AvgIpc) is 2.29. The lowest BCUT2D eigenvalue weighted by Gasteiger charge is -2.16. The van der Waals surface area contributed by atoms with E-state index in [0.717, 1.165) is 5.69 Å². The normalized spacial score (nSPS) is 11.8. The lowest BCUT2D eigenvalue weighted by atomic mass is 10.2. The van der Waals surface area contributed by atoms with Crippen molar-refractivity contribution in [3.05, 3.63) is 23.2 Å². The Balaban J connectivity index is 2.72. The van der Waals surface area contributed by atoms with Crippen LogP contribution in [0.15, 0.2) is 18.2 Å². The van der Waals surface area contributed by atoms with Crippen LogP contribution in [0, 0.1) is 0 Å². The van der Waals surface area contributed by atoms with E-state index in [-0.39, 0.29) is 18.4 Å². The number of rotatable bonds is 5. The van der Waals surface area contributed by atoms with Gasteiger partial charge >= 0.3 is 5.97 Å². The molecule has 0 heterocycles. The summed E-state index contributed by atoms with van der Waals surface area (Å²) >= 11 is 5.90. The Bertz CT molecular complexity index is 395. The van der Waals surface area contributed by atoms with Gasteiger partial charge in [0.2, 0.25) is 0 Å². The van der Waals surface area contributed by atoms with E-state index in [4.69, 9.17) is 16.3 Å². The molecule has 5 heteroatoms. The van der Waals surface area contributed by atoms with Crippen molar-refractivity contribution in [1.29, 1.82) is 0 Å². The average molecular weight is 258 g/mol. The number of esters is 1. The number of carbonyl (C=O) groups excluding carboxylic acids is 1. The van der Waals surface area contributed by atoms with Crippen molar-refractivity contribution in [1.82, 2.24) is 0 Å². The summed E-state index contributed by atoms with van der Waals surface area (Å²) < 4.78 is 9.80. The molecule has 0 fully saturated rings. The van der Waals surface area contributed by atoms with Gasteiger partial charge in [-0.1, -0.05) is 11.6 Å². The van der Waals surface area contributed by atoms with Gasteiger partial charge in [0.25, 0.3) is 0 Å². The van der Waals surface area contributed by atoms with Gasteiger partial charge in [0.15, 0.2) is 0 Å². The summed E-state index contributed by atoms with van der Waals surface area (Å²) in [6, 6.07) is 5.22. The van der Waals surface area contributed by atoms with Crippen LogP contribution in [0.4, 0.5) is 5.69 Å². The molecule has 0 saturated heterocycles. The molecule has 94 valence electrons. The van der Waals surface area contributed by atoms with Gasteiger partial charge < -0.3 is 14.8 Å². The van der Waals surface area contributed by atoms with Crippen LogP contribution >= 0.6 is 11.6 Å². The van der Waals surface area contributed by atoms with Crippen molar-refractivity contribution in [2.75, 3.05) is 19.5 Å². The zero-order valence-corrected chi connectivity index (χ0v) is 10.9. The lowest BCUT2D eigenvalue weighted by molar-refractivity contribution is -0.140. The predicted molar refractivity (Wildman–Crippen MR) is 67.7 cm³/mol. The molecule has 1 unspecified atom stereocenters. The first-order valence-corrected chi connectivity index (χ1v) is 5.61. The van der Waals surface area contributed by atoms with Crippen molar-refractivity contribution in [3.63, 3.8) is 0 Å². The largest absolute Gasteiger partial charge is 0.495 e. The first kappa shape index (κ1) is 13.6. The van der Waals surface area contributed by atoms with E-state index < -0.39 is 0 Å². The number of hydrogen-bond acceptors (Lipinski definition) is 4. The zero-order valence-electron chi connectivity index (χ0n) is 10.1. The van der Waals surface area contributed by atoms with Crippen LogP contribution < -0.4 is 10.1 Å². The molecule has 0 aliphatic rings. The van der Waals surface area contributed by atoms with Crippen LogP contribution in [-0.4, -0.2) is 26.2 Å². The SMILES string of the molecule is COC(=O)CC(C)Nc1cc(Cl)ccc1OC. The Morgan fingerprint density at radius 2 is 2.18 bits per heavy atom. The quantitative estimate of drug-likeness (QED) is 0.824. The highest BCUT2D eigenvalue weighted by Gasteiger charge is 2.11. The van der Waals surface area contributed by atoms with Crippen molar-refractivity contribution in [2.24, 2.45) is 0 Å². The molecule has 1 aromatic rings. The highest BCUT2D eigenvalue weighted by atomic mass is 35.5. The molecule has 1 rings (SSSR count). The number of hydrogen-bond donors (Lipinski definition) is 1. The number of nitrogens with one attached hydrogen (secondary N) is 1. The third-order valence-corrected chi connectivity index (χ3v) is 2.50. The van der Waals surface area contributed by atoms with Crippen LogP contribution in [0.1, 0.15) is 13.3 Å². The van der Waals surface area contributed by atoms with Crippen molar-refractivity contribution in [2.45, 2.75) is 19.4 Å². The van der Waals surface area contributed by atoms with E-state index in [1.54, 1.807) is 25.3 Å². The summed E-state index contributed by atoms with van der Waals surface area (Å²) in [6.45, 7) is 1.89. The molecular weight excluding hydrogens is 242 g/mol. The maximum absolute atomic E-state index is 11.1. The number of methoxy groups -OCH3 is 2. The van der Waals surface area contributed by atoms with E-state index in [2.05, 4.69) is 10.1 Å². The van der Waals surface area contributed by atoms with Gasteiger partial charge in [-0.15, -0.1) is 0 Å². The first-order chi connectivity index (χ1) is 8.06. The Morgan fingerprint density at radius 3 is 2.76 bits per heavy atom. The molecule has 17 heavy (non-hydrogen) atoms. The number of anilines is 1. The Morgan fingerprint density at radius 1 is 1.47 bits per heavy atom. The van der Waals surface area contributed by atoms with E-state index in [0.29, 0.717) is 10.8 Å². The Labute approximate surface area is 106 Å². The number of benzene rings is 1. The van der Waals surface area contributed by atoms with Crippen LogP contribution in [0.2, 0.25) is 5.02 Å². The minimum Gasteiger partial charge on any atom is -0.495 e. The molecule has 1 atom stereocenters. The molecule has 0 spiro atoms. The highest BCUT2D eigenvalue weighted by Crippen LogP contribution is 2.28. The highest BCUT2D eigenvalue weighted by molar-refractivity contribution is 6.30. The third-order valence-electron chi connectivity index (χ3n) is 2.26. The van der Waals surface area contributed by atoms with E-state index in [9.17, 15) is 4.79 Å². The molecule has 0 bridgehead atoms. The van der Waals surface area contributed by atoms with Crippen LogP contribution in [0.3, 0.4) is 0 Å². The van der Waals surface area contributed by atoms with Crippen LogP contribution in [0.5, 0.6) is 5.75 Å². The second kappa shape index (κ2) is 6.35. The zero-order chi connectivity index (χ0) is 12.8. The van der Waals surface area contributed by atoms with E-state index in [1.807, 2.05) is 6.92 Å². The van der Waals surface area contributed by atoms with Crippen molar-refractivity contribution in [3.8, 4) is 5.75 Å². The van der Waals surface area contributed by atoms with Gasteiger partial charge in [-0.05, 0) is 25.1 Å². The molecule has 0 aliphatic carbocycles. The van der Waals surface area contributed by atoms with Crippen LogP contribution in [-0.2, 0) is 9.53 Å². The van der Waals surface area contributed by atoms with Gasteiger partial charge in [0, 0.05) is 11.1 Å². The second-order valence-electron chi connectivity index (χ2n) is 3.67. The van der Waals surface area contributed by atoms with Gasteiger partial charge in [0.1, 0.15) is 5.75 Å². The fraction of sp³-hybridized carbons (Fsp3) is 0.417. The van der Waals surface area contributed by atoms with Crippen molar-refractivity contribution < 1.29 is 14.3 Å². The molecule has 0 amide bonds. The summed E-state index contributed by atoms with van der Waals surface area (Å²) in [5.74, 6) is 0.428. The fourth-order valence-electron chi connectivity index (χ4n) is 1.44. The minimum absolute atomic E-state index is 0.0604. The maximum atomic E-state index is 11.1. The number of ether oxygens (including phenoxy) is 2. The summed E-state index contributed by atoms with van der Waals surface area (Å²) in [5.41, 5.74) is 0.761. The predicted octanol–water partition coefficient (Wildman–Crippen LogP) is 2.71. The standard InChI is InChI=1S/C12H16ClNO3/c1-8(6-12(15)17-3)14-10-7-9(13)4-5-11(10)16-2/h4-5,7-8,14H,6H2,1-3H3. The maximum Gasteiger partial charge on any atom is 0.307 e. The smallest absolute Gasteiger partial charge is 0.307 e. The van der Waals surface area contributed by atoms with Gasteiger partial charge in [0.05, 0.1) is 26.3 Å². The third kappa shape index (κ3) is 4.15. The van der Waals surface area contributed by atoms with Gasteiger partial charge in [-0.3, -0.25) is 4.79 Å². The molecule has 1 aromatic carbocycles. The molecule has 0 aromatic heterocycles. The minimum atomic E-state index is -0.258. The monoisotopic (exact) mass is 257 g/mol. The number of carbonyl (C=O) groups is 1. The molecule has 1 N–H and O–H groups in total. The van der Waals surface area contributed by atoms with Gasteiger partial charge in [-0.2, -0.15) is 0 Å². The Hall–Kier alpha value is -1.42. The Kier molecular flexibility index (Phi) is 5.10. The number of halogens is 1. The summed E-state index contributed by atoms with van der Waals surface area (Å²) in [4.78, 5) is 11.1. The fourth-order valence-corrected chi connectivity index (χ4v) is 1.61. The van der Waals surface area contributed by atoms with Crippen LogP contribution in [0.25, 0.3) is 0 Å². The van der Waals surface area contributed by atoms with E-state index in [1.165, 1.54) is 7.11 Å². The second-order valence-corrected chi connectivity index (χ2v) is 4.11. The summed E-state index contributed by atoms with van der Waals surface area (Å²) in [7, 11) is 2.95. The first-order valence-electron chi connectivity index (χ1n) is 5.23. The topological polar surface area (TPSA) is 47.6 Å². The van der Waals surface area contributed by atoms with Crippen molar-refractivity contribution >= 4 is 23.3 Å². The van der Waals surface area contributed by atoms with Gasteiger partial charge in [-0.25, -0.2) is 0 Å².